The van der Waals surface area contributed by atoms with Gasteiger partial charge in [0.15, 0.2) is 0 Å². The lowest BCUT2D eigenvalue weighted by atomic mass is 9.95. The first-order chi connectivity index (χ1) is 9.17. The van der Waals surface area contributed by atoms with Crippen LogP contribution in [0.1, 0.15) is 31.2 Å². The second-order valence-corrected chi connectivity index (χ2v) is 6.95. The van der Waals surface area contributed by atoms with E-state index in [-0.39, 0.29) is 5.41 Å². The summed E-state index contributed by atoms with van der Waals surface area (Å²) in [6.45, 7) is 6.30. The highest BCUT2D eigenvalue weighted by Crippen LogP contribution is 2.37. The molecule has 20 heavy (non-hydrogen) atoms. The van der Waals surface area contributed by atoms with E-state index in [1.54, 1.807) is 35.6 Å². The topological polar surface area (TPSA) is 0 Å². The summed E-state index contributed by atoms with van der Waals surface area (Å²) in [7, 11) is 0. The minimum atomic E-state index is -4.18. The van der Waals surface area contributed by atoms with Crippen molar-refractivity contribution in [1.29, 1.82) is 0 Å². The number of rotatable bonds is 2. The third-order valence-corrected chi connectivity index (χ3v) is 4.56. The lowest BCUT2D eigenvalue weighted by molar-refractivity contribution is -0.127. The van der Waals surface area contributed by atoms with Gasteiger partial charge in [-0.05, 0) is 28.7 Å². The average Bonchev–Trinajstić information content (AvgIpc) is 2.76. The molecule has 2 aromatic rings. The van der Waals surface area contributed by atoms with Crippen molar-refractivity contribution in [2.75, 3.05) is 0 Å². The number of halogens is 3. The molecule has 1 aromatic carbocycles. The normalized spacial score (nSPS) is 12.7. The quantitative estimate of drug-likeness (QED) is 0.655. The van der Waals surface area contributed by atoms with Crippen LogP contribution in [0.5, 0.6) is 0 Å². The molecule has 1 aromatic heterocycles. The lowest BCUT2D eigenvalue weighted by Gasteiger charge is -2.15. The summed E-state index contributed by atoms with van der Waals surface area (Å²) in [4.78, 5) is 2.07. The Labute approximate surface area is 121 Å². The smallest absolute Gasteiger partial charge is 0.171 e. The van der Waals surface area contributed by atoms with Gasteiger partial charge in [-0.1, -0.05) is 45.0 Å². The molecular formula is C16H17F3S. The lowest BCUT2D eigenvalue weighted by Crippen LogP contribution is -2.12. The van der Waals surface area contributed by atoms with Crippen molar-refractivity contribution < 1.29 is 13.2 Å². The summed E-state index contributed by atoms with van der Waals surface area (Å²) in [5.41, 5.74) is 1.04. The number of thiophene rings is 1. The zero-order chi connectivity index (χ0) is 15.0. The first kappa shape index (κ1) is 15.1. The maximum Gasteiger partial charge on any atom is 0.393 e. The van der Waals surface area contributed by atoms with Crippen LogP contribution in [0.4, 0.5) is 13.2 Å². The summed E-state index contributed by atoms with van der Waals surface area (Å²) in [6, 6.07) is 10.7. The monoisotopic (exact) mass is 298 g/mol. The first-order valence-corrected chi connectivity index (χ1v) is 7.24. The fraction of sp³-hybridized carbons (Fsp3) is 0.375. The summed E-state index contributed by atoms with van der Waals surface area (Å²) >= 11 is 1.57. The molecule has 0 saturated heterocycles. The van der Waals surface area contributed by atoms with Crippen molar-refractivity contribution >= 4 is 11.3 Å². The molecule has 0 radical (unpaired) electrons. The SMILES string of the molecule is CC(C)(C)c1ccc(-c2ccccc2CC(F)(F)F)s1. The number of benzene rings is 1. The molecular weight excluding hydrogens is 281 g/mol. The standard InChI is InChI=1S/C16H17F3S/c1-15(2,3)14-9-8-13(20-14)12-7-5-4-6-11(12)10-16(17,18)19/h4-9H,10H2,1-3H3. The molecule has 2 rings (SSSR count). The van der Waals surface area contributed by atoms with E-state index in [2.05, 4.69) is 20.8 Å². The van der Waals surface area contributed by atoms with Crippen LogP contribution in [0.3, 0.4) is 0 Å². The zero-order valence-corrected chi connectivity index (χ0v) is 12.5. The van der Waals surface area contributed by atoms with Gasteiger partial charge >= 0.3 is 6.18 Å². The third kappa shape index (κ3) is 3.63. The molecule has 4 heteroatoms. The molecule has 0 unspecified atom stereocenters. The van der Waals surface area contributed by atoms with Gasteiger partial charge in [0, 0.05) is 9.75 Å². The molecule has 0 fully saturated rings. The van der Waals surface area contributed by atoms with Gasteiger partial charge in [-0.25, -0.2) is 0 Å². The largest absolute Gasteiger partial charge is 0.393 e. The Morgan fingerprint density at radius 1 is 0.950 bits per heavy atom. The summed E-state index contributed by atoms with van der Waals surface area (Å²) in [5, 5.41) is 0. The maximum absolute atomic E-state index is 12.6. The van der Waals surface area contributed by atoms with Crippen LogP contribution in [0.15, 0.2) is 36.4 Å². The van der Waals surface area contributed by atoms with Crippen LogP contribution in [-0.4, -0.2) is 6.18 Å². The van der Waals surface area contributed by atoms with E-state index in [1.807, 2.05) is 12.1 Å². The van der Waals surface area contributed by atoms with Gasteiger partial charge in [0.1, 0.15) is 0 Å². The Bertz CT molecular complexity index is 588. The van der Waals surface area contributed by atoms with Crippen LogP contribution in [-0.2, 0) is 11.8 Å². The number of hydrogen-bond acceptors (Lipinski definition) is 1. The molecule has 108 valence electrons. The van der Waals surface area contributed by atoms with Crippen molar-refractivity contribution in [2.45, 2.75) is 38.8 Å². The molecule has 0 bridgehead atoms. The van der Waals surface area contributed by atoms with Crippen molar-refractivity contribution in [2.24, 2.45) is 0 Å². The summed E-state index contributed by atoms with van der Waals surface area (Å²) in [6.07, 6.45) is -5.06. The maximum atomic E-state index is 12.6. The van der Waals surface area contributed by atoms with Gasteiger partial charge in [-0.2, -0.15) is 13.2 Å². The molecule has 1 heterocycles. The van der Waals surface area contributed by atoms with Crippen molar-refractivity contribution in [3.05, 3.63) is 46.8 Å². The van der Waals surface area contributed by atoms with Crippen LogP contribution in [0.25, 0.3) is 10.4 Å². The van der Waals surface area contributed by atoms with E-state index in [0.717, 1.165) is 4.88 Å². The second kappa shape index (κ2) is 5.24. The average molecular weight is 298 g/mol. The Balaban J connectivity index is 2.40. The Morgan fingerprint density at radius 3 is 2.15 bits per heavy atom. The van der Waals surface area contributed by atoms with Gasteiger partial charge < -0.3 is 0 Å². The van der Waals surface area contributed by atoms with Gasteiger partial charge in [0.05, 0.1) is 6.42 Å². The molecule has 0 aliphatic heterocycles. The van der Waals surface area contributed by atoms with E-state index in [9.17, 15) is 13.2 Å². The van der Waals surface area contributed by atoms with Gasteiger partial charge in [-0.3, -0.25) is 0 Å². The van der Waals surface area contributed by atoms with Crippen LogP contribution >= 0.6 is 11.3 Å². The fourth-order valence-electron chi connectivity index (χ4n) is 2.02. The molecule has 0 saturated carbocycles. The molecule has 0 amide bonds. The van der Waals surface area contributed by atoms with E-state index in [0.29, 0.717) is 11.1 Å². The zero-order valence-electron chi connectivity index (χ0n) is 11.7. The highest BCUT2D eigenvalue weighted by molar-refractivity contribution is 7.15. The predicted octanol–water partition coefficient (Wildman–Crippen LogP) is 5.82. The van der Waals surface area contributed by atoms with Crippen molar-refractivity contribution in [3.8, 4) is 10.4 Å². The molecule has 0 N–H and O–H groups in total. The Morgan fingerprint density at radius 2 is 1.60 bits per heavy atom. The Kier molecular flexibility index (Phi) is 3.96. The summed E-state index contributed by atoms with van der Waals surface area (Å²) < 4.78 is 37.9. The van der Waals surface area contributed by atoms with Gasteiger partial charge in [0.25, 0.3) is 0 Å². The highest BCUT2D eigenvalue weighted by Gasteiger charge is 2.29. The van der Waals surface area contributed by atoms with Gasteiger partial charge in [-0.15, -0.1) is 11.3 Å². The Hall–Kier alpha value is -1.29. The van der Waals surface area contributed by atoms with Gasteiger partial charge in [0.2, 0.25) is 0 Å². The van der Waals surface area contributed by atoms with E-state index in [4.69, 9.17) is 0 Å². The summed E-state index contributed by atoms with van der Waals surface area (Å²) in [5.74, 6) is 0. The highest BCUT2D eigenvalue weighted by atomic mass is 32.1. The fourth-order valence-corrected chi connectivity index (χ4v) is 3.14. The molecule has 0 spiro atoms. The van der Waals surface area contributed by atoms with E-state index >= 15 is 0 Å². The molecule has 0 atom stereocenters. The number of alkyl halides is 3. The number of hydrogen-bond donors (Lipinski definition) is 0. The third-order valence-electron chi connectivity index (χ3n) is 3.02. The second-order valence-electron chi connectivity index (χ2n) is 5.86. The van der Waals surface area contributed by atoms with Crippen LogP contribution in [0, 0.1) is 0 Å². The van der Waals surface area contributed by atoms with Crippen LogP contribution in [0.2, 0.25) is 0 Å². The van der Waals surface area contributed by atoms with Crippen LogP contribution < -0.4 is 0 Å². The predicted molar refractivity (Wildman–Crippen MR) is 78.2 cm³/mol. The minimum Gasteiger partial charge on any atom is -0.171 e. The molecule has 0 nitrogen and oxygen atoms in total. The van der Waals surface area contributed by atoms with E-state index in [1.165, 1.54) is 4.88 Å². The molecule has 0 aliphatic rings. The first-order valence-electron chi connectivity index (χ1n) is 6.42. The van der Waals surface area contributed by atoms with Crippen molar-refractivity contribution in [1.82, 2.24) is 0 Å². The van der Waals surface area contributed by atoms with E-state index < -0.39 is 12.6 Å². The minimum absolute atomic E-state index is 0.0158. The van der Waals surface area contributed by atoms with Crippen molar-refractivity contribution in [3.63, 3.8) is 0 Å². The molecule has 0 aliphatic carbocycles.